The molecule has 1 rings (SSSR count). The van der Waals surface area contributed by atoms with Crippen LogP contribution in [0.25, 0.3) is 0 Å². The van der Waals surface area contributed by atoms with Crippen molar-refractivity contribution >= 4 is 0 Å². The van der Waals surface area contributed by atoms with E-state index in [0.29, 0.717) is 13.0 Å². The van der Waals surface area contributed by atoms with Crippen molar-refractivity contribution in [2.24, 2.45) is 0 Å². The second-order valence-electron chi connectivity index (χ2n) is 2.91. The maximum atomic E-state index is 8.59. The van der Waals surface area contributed by atoms with Gasteiger partial charge in [-0.05, 0) is 12.0 Å². The zero-order chi connectivity index (χ0) is 10.2. The Hall–Kier alpha value is -1.30. The zero-order valence-corrected chi connectivity index (χ0v) is 8.02. The van der Waals surface area contributed by atoms with Crippen LogP contribution < -0.4 is 0 Å². The molecule has 74 valence electrons. The summed E-state index contributed by atoms with van der Waals surface area (Å²) in [6.45, 7) is 0.617. The van der Waals surface area contributed by atoms with Gasteiger partial charge in [0.25, 0.3) is 0 Å². The van der Waals surface area contributed by atoms with E-state index in [-0.39, 0.29) is 12.7 Å². The number of benzene rings is 1. The largest absolute Gasteiger partial charge is 0.396 e. The molecule has 0 radical (unpaired) electrons. The number of terminal acetylenes is 1. The molecule has 0 aliphatic rings. The SMILES string of the molecule is C#C[C@@H](OCCCO)c1ccccc1. The van der Waals surface area contributed by atoms with Crippen LogP contribution in [0.1, 0.15) is 18.1 Å². The highest BCUT2D eigenvalue weighted by atomic mass is 16.5. The highest BCUT2D eigenvalue weighted by molar-refractivity contribution is 5.23. The number of hydrogen-bond donors (Lipinski definition) is 1. The minimum atomic E-state index is -0.303. The Balaban J connectivity index is 2.52. The predicted octanol–water partition coefficient (Wildman–Crippen LogP) is 1.76. The molecule has 0 unspecified atom stereocenters. The average Bonchev–Trinajstić information content (AvgIpc) is 2.26. The van der Waals surface area contributed by atoms with Crippen LogP contribution in [0.5, 0.6) is 0 Å². The maximum Gasteiger partial charge on any atom is 0.143 e. The second kappa shape index (κ2) is 6.20. The topological polar surface area (TPSA) is 29.5 Å². The summed E-state index contributed by atoms with van der Waals surface area (Å²) in [4.78, 5) is 0. The van der Waals surface area contributed by atoms with Crippen LogP contribution in [-0.4, -0.2) is 18.3 Å². The third-order valence-electron chi connectivity index (χ3n) is 1.84. The Kier molecular flexibility index (Phi) is 4.77. The van der Waals surface area contributed by atoms with E-state index in [0.717, 1.165) is 5.56 Å². The molecule has 1 atom stereocenters. The smallest absolute Gasteiger partial charge is 0.143 e. The van der Waals surface area contributed by atoms with Crippen LogP contribution in [0.4, 0.5) is 0 Å². The van der Waals surface area contributed by atoms with Gasteiger partial charge in [0.2, 0.25) is 0 Å². The van der Waals surface area contributed by atoms with Crippen LogP contribution >= 0.6 is 0 Å². The molecule has 0 amide bonds. The molecule has 2 heteroatoms. The molecule has 0 heterocycles. The number of aliphatic hydroxyl groups is 1. The lowest BCUT2D eigenvalue weighted by Crippen LogP contribution is -2.04. The molecule has 0 aliphatic carbocycles. The lowest BCUT2D eigenvalue weighted by Gasteiger charge is -2.11. The van der Waals surface area contributed by atoms with Gasteiger partial charge >= 0.3 is 0 Å². The Bertz CT molecular complexity index is 287. The molecule has 2 nitrogen and oxygen atoms in total. The molecule has 0 spiro atoms. The third kappa shape index (κ3) is 3.21. The molecule has 0 saturated carbocycles. The van der Waals surface area contributed by atoms with E-state index in [1.807, 2.05) is 30.3 Å². The lowest BCUT2D eigenvalue weighted by atomic mass is 10.1. The highest BCUT2D eigenvalue weighted by Gasteiger charge is 2.06. The summed E-state index contributed by atoms with van der Waals surface area (Å²) in [6, 6.07) is 9.65. The average molecular weight is 190 g/mol. The van der Waals surface area contributed by atoms with Crippen molar-refractivity contribution in [1.29, 1.82) is 0 Å². The lowest BCUT2D eigenvalue weighted by molar-refractivity contribution is 0.0787. The number of aliphatic hydroxyl groups excluding tert-OH is 1. The normalized spacial score (nSPS) is 12.0. The van der Waals surface area contributed by atoms with Crippen LogP contribution in [0.15, 0.2) is 30.3 Å². The van der Waals surface area contributed by atoms with E-state index < -0.39 is 0 Å². The van der Waals surface area contributed by atoms with Gasteiger partial charge in [-0.25, -0.2) is 0 Å². The van der Waals surface area contributed by atoms with Crippen molar-refractivity contribution in [1.82, 2.24) is 0 Å². The van der Waals surface area contributed by atoms with E-state index in [1.54, 1.807) is 0 Å². The van der Waals surface area contributed by atoms with Crippen molar-refractivity contribution < 1.29 is 9.84 Å². The van der Waals surface area contributed by atoms with Crippen LogP contribution in [0.2, 0.25) is 0 Å². The monoisotopic (exact) mass is 190 g/mol. The summed E-state index contributed by atoms with van der Waals surface area (Å²) in [6.07, 6.45) is 5.66. The van der Waals surface area contributed by atoms with Gasteiger partial charge in [-0.15, -0.1) is 6.42 Å². The maximum absolute atomic E-state index is 8.59. The fraction of sp³-hybridized carbons (Fsp3) is 0.333. The standard InChI is InChI=1S/C12H14O2/c1-2-12(14-10-6-9-13)11-7-4-3-5-8-11/h1,3-5,7-8,12-13H,6,9-10H2/t12-/m1/s1. The first-order valence-corrected chi connectivity index (χ1v) is 4.62. The van der Waals surface area contributed by atoms with Crippen LogP contribution in [-0.2, 0) is 4.74 Å². The molecule has 1 aromatic rings. The number of rotatable bonds is 5. The summed E-state index contributed by atoms with van der Waals surface area (Å²) >= 11 is 0. The van der Waals surface area contributed by atoms with E-state index in [1.165, 1.54) is 0 Å². The zero-order valence-electron chi connectivity index (χ0n) is 8.02. The van der Waals surface area contributed by atoms with E-state index in [2.05, 4.69) is 5.92 Å². The van der Waals surface area contributed by atoms with Crippen LogP contribution in [0, 0.1) is 12.3 Å². The van der Waals surface area contributed by atoms with Gasteiger partial charge in [0, 0.05) is 6.61 Å². The third-order valence-corrected chi connectivity index (χ3v) is 1.84. The molecule has 0 fully saturated rings. The van der Waals surface area contributed by atoms with Gasteiger partial charge in [0.05, 0.1) is 6.61 Å². The van der Waals surface area contributed by atoms with Crippen molar-refractivity contribution in [2.75, 3.05) is 13.2 Å². The summed E-state index contributed by atoms with van der Waals surface area (Å²) in [5.74, 6) is 2.57. The number of hydrogen-bond acceptors (Lipinski definition) is 2. The molecular weight excluding hydrogens is 176 g/mol. The highest BCUT2D eigenvalue weighted by Crippen LogP contribution is 2.15. The minimum Gasteiger partial charge on any atom is -0.396 e. The molecule has 0 saturated heterocycles. The van der Waals surface area contributed by atoms with Gasteiger partial charge in [0.15, 0.2) is 0 Å². The predicted molar refractivity (Wildman–Crippen MR) is 55.7 cm³/mol. The molecule has 0 aromatic heterocycles. The Morgan fingerprint density at radius 3 is 2.64 bits per heavy atom. The molecule has 1 N–H and O–H groups in total. The molecule has 1 aromatic carbocycles. The van der Waals surface area contributed by atoms with E-state index in [9.17, 15) is 0 Å². The fourth-order valence-electron chi connectivity index (χ4n) is 1.13. The minimum absolute atomic E-state index is 0.131. The molecule has 14 heavy (non-hydrogen) atoms. The first-order chi connectivity index (χ1) is 6.88. The molecule has 0 aliphatic heterocycles. The van der Waals surface area contributed by atoms with Gasteiger partial charge in [0.1, 0.15) is 6.10 Å². The summed E-state index contributed by atoms with van der Waals surface area (Å²) in [5.41, 5.74) is 0.980. The van der Waals surface area contributed by atoms with Gasteiger partial charge in [-0.1, -0.05) is 36.3 Å². The van der Waals surface area contributed by atoms with Crippen molar-refractivity contribution in [2.45, 2.75) is 12.5 Å². The van der Waals surface area contributed by atoms with Crippen molar-refractivity contribution in [3.8, 4) is 12.3 Å². The Labute approximate surface area is 84.5 Å². The number of ether oxygens (including phenoxy) is 1. The Morgan fingerprint density at radius 2 is 2.07 bits per heavy atom. The summed E-state index contributed by atoms with van der Waals surface area (Å²) < 4.78 is 5.42. The molecular formula is C12H14O2. The van der Waals surface area contributed by atoms with E-state index >= 15 is 0 Å². The van der Waals surface area contributed by atoms with Crippen LogP contribution in [0.3, 0.4) is 0 Å². The van der Waals surface area contributed by atoms with Gasteiger partial charge < -0.3 is 9.84 Å². The van der Waals surface area contributed by atoms with Gasteiger partial charge in [-0.2, -0.15) is 0 Å². The van der Waals surface area contributed by atoms with Gasteiger partial charge in [-0.3, -0.25) is 0 Å². The Morgan fingerprint density at radius 1 is 1.36 bits per heavy atom. The first kappa shape index (κ1) is 10.8. The second-order valence-corrected chi connectivity index (χ2v) is 2.91. The quantitative estimate of drug-likeness (QED) is 0.566. The van der Waals surface area contributed by atoms with Crippen molar-refractivity contribution in [3.63, 3.8) is 0 Å². The van der Waals surface area contributed by atoms with E-state index in [4.69, 9.17) is 16.3 Å². The first-order valence-electron chi connectivity index (χ1n) is 4.62. The fourth-order valence-corrected chi connectivity index (χ4v) is 1.13. The van der Waals surface area contributed by atoms with Crippen molar-refractivity contribution in [3.05, 3.63) is 35.9 Å². The summed E-state index contributed by atoms with van der Waals surface area (Å²) in [7, 11) is 0. The summed E-state index contributed by atoms with van der Waals surface area (Å²) in [5, 5.41) is 8.59. The molecule has 0 bridgehead atoms.